The van der Waals surface area contributed by atoms with E-state index in [1.54, 1.807) is 13.1 Å². The average molecular weight is 513 g/mol. The first kappa shape index (κ1) is 26.6. The van der Waals surface area contributed by atoms with Crippen LogP contribution in [0, 0.1) is 11.8 Å². The van der Waals surface area contributed by atoms with E-state index < -0.39 is 6.10 Å². The van der Waals surface area contributed by atoms with Crippen molar-refractivity contribution >= 4 is 29.1 Å². The van der Waals surface area contributed by atoms with Crippen molar-refractivity contribution in [2.75, 3.05) is 44.2 Å². The van der Waals surface area contributed by atoms with Crippen LogP contribution in [-0.4, -0.2) is 71.0 Å². The highest BCUT2D eigenvalue weighted by Crippen LogP contribution is 2.30. The molecule has 2 amide bonds. The Morgan fingerprint density at radius 3 is 2.47 bits per heavy atom. The largest absolute Gasteiger partial charge is 0.387 e. The van der Waals surface area contributed by atoms with Crippen LogP contribution in [0.1, 0.15) is 50.8 Å². The van der Waals surface area contributed by atoms with Gasteiger partial charge in [0.2, 0.25) is 11.8 Å². The highest BCUT2D eigenvalue weighted by atomic mass is 35.5. The average Bonchev–Trinajstić information content (AvgIpc) is 2.91. The molecule has 0 spiro atoms. The third-order valence-electron chi connectivity index (χ3n) is 7.60. The number of hydrogen-bond donors (Lipinski definition) is 1. The van der Waals surface area contributed by atoms with Gasteiger partial charge in [0.15, 0.2) is 0 Å². The summed E-state index contributed by atoms with van der Waals surface area (Å²) in [4.78, 5) is 35.7. The fraction of sp³-hybridized carbons (Fsp3) is 0.536. The molecule has 2 aliphatic heterocycles. The molecule has 8 heteroatoms. The summed E-state index contributed by atoms with van der Waals surface area (Å²) < 4.78 is 0. The number of rotatable bonds is 8. The lowest BCUT2D eigenvalue weighted by atomic mass is 9.89. The first-order valence-electron chi connectivity index (χ1n) is 13.1. The SMILES string of the molecule is CC(=O)N1CCC(C(=O)N(CCCN2CCC(C(O)c3ccccn3)CC2)c2cccc(Cl)c2)CC1. The second-order valence-electron chi connectivity index (χ2n) is 9.98. The minimum Gasteiger partial charge on any atom is -0.387 e. The second-order valence-corrected chi connectivity index (χ2v) is 10.4. The first-order valence-corrected chi connectivity index (χ1v) is 13.4. The number of nitrogens with zero attached hydrogens (tertiary/aromatic N) is 4. The molecule has 0 saturated carbocycles. The van der Waals surface area contributed by atoms with Gasteiger partial charge in [-0.1, -0.05) is 23.7 Å². The fourth-order valence-corrected chi connectivity index (χ4v) is 5.59. The molecule has 1 aromatic carbocycles. The summed E-state index contributed by atoms with van der Waals surface area (Å²) in [7, 11) is 0. The number of benzene rings is 1. The maximum Gasteiger partial charge on any atom is 0.230 e. The normalized spacial score (nSPS) is 18.7. The Hall–Kier alpha value is -2.48. The Labute approximate surface area is 219 Å². The maximum atomic E-state index is 13.6. The molecule has 0 aliphatic carbocycles. The van der Waals surface area contributed by atoms with E-state index in [0.717, 1.165) is 50.3 Å². The Bertz CT molecular complexity index is 1000. The molecule has 3 heterocycles. The fourth-order valence-electron chi connectivity index (χ4n) is 5.41. The van der Waals surface area contributed by atoms with Crippen LogP contribution in [0.5, 0.6) is 0 Å². The third-order valence-corrected chi connectivity index (χ3v) is 7.84. The lowest BCUT2D eigenvalue weighted by molar-refractivity contribution is -0.133. The van der Waals surface area contributed by atoms with Crippen LogP contribution >= 0.6 is 11.6 Å². The van der Waals surface area contributed by atoms with E-state index in [0.29, 0.717) is 37.5 Å². The molecule has 2 fully saturated rings. The molecule has 2 aliphatic rings. The molecular formula is C28H37ClN4O3. The predicted molar refractivity (Wildman–Crippen MR) is 142 cm³/mol. The number of halogens is 1. The number of likely N-dealkylation sites (tertiary alicyclic amines) is 2. The van der Waals surface area contributed by atoms with E-state index in [4.69, 9.17) is 11.6 Å². The number of aromatic nitrogens is 1. The molecule has 1 unspecified atom stereocenters. The van der Waals surface area contributed by atoms with Gasteiger partial charge < -0.3 is 19.8 Å². The number of anilines is 1. The Kier molecular flexibility index (Phi) is 9.35. The number of carbonyl (C=O) groups is 2. The van der Waals surface area contributed by atoms with Gasteiger partial charge in [-0.2, -0.15) is 0 Å². The molecule has 2 saturated heterocycles. The van der Waals surface area contributed by atoms with Crippen molar-refractivity contribution in [3.63, 3.8) is 0 Å². The van der Waals surface area contributed by atoms with E-state index in [-0.39, 0.29) is 23.7 Å². The van der Waals surface area contributed by atoms with Crippen LogP contribution in [-0.2, 0) is 9.59 Å². The van der Waals surface area contributed by atoms with Gasteiger partial charge in [-0.3, -0.25) is 14.6 Å². The smallest absolute Gasteiger partial charge is 0.230 e. The van der Waals surface area contributed by atoms with Crippen molar-refractivity contribution in [2.45, 2.75) is 45.1 Å². The summed E-state index contributed by atoms with van der Waals surface area (Å²) >= 11 is 6.26. The maximum absolute atomic E-state index is 13.6. The molecule has 194 valence electrons. The van der Waals surface area contributed by atoms with Crippen LogP contribution in [0.25, 0.3) is 0 Å². The Morgan fingerprint density at radius 2 is 1.83 bits per heavy atom. The van der Waals surface area contributed by atoms with Crippen molar-refractivity contribution in [1.82, 2.24) is 14.8 Å². The monoisotopic (exact) mass is 512 g/mol. The molecule has 7 nitrogen and oxygen atoms in total. The van der Waals surface area contributed by atoms with E-state index >= 15 is 0 Å². The van der Waals surface area contributed by atoms with Crippen molar-refractivity contribution in [2.24, 2.45) is 11.8 Å². The van der Waals surface area contributed by atoms with Crippen molar-refractivity contribution in [3.8, 4) is 0 Å². The standard InChI is InChI=1S/C28H37ClN4O3/c1-21(34)32-18-11-23(12-19-32)28(36)33(25-7-4-6-24(29)20-25)15-5-14-31-16-9-22(10-17-31)27(35)26-8-2-3-13-30-26/h2-4,6-8,13,20,22-23,27,35H,5,9-12,14-19H2,1H3. The summed E-state index contributed by atoms with van der Waals surface area (Å²) in [6, 6.07) is 13.2. The lowest BCUT2D eigenvalue weighted by Crippen LogP contribution is -2.45. The molecule has 2 aromatic rings. The number of aliphatic hydroxyl groups excluding tert-OH is 1. The Balaban J connectivity index is 1.31. The van der Waals surface area contributed by atoms with E-state index in [2.05, 4.69) is 9.88 Å². The summed E-state index contributed by atoms with van der Waals surface area (Å²) in [5.41, 5.74) is 1.58. The molecular weight excluding hydrogens is 476 g/mol. The second kappa shape index (κ2) is 12.7. The minimum atomic E-state index is -0.515. The summed E-state index contributed by atoms with van der Waals surface area (Å²) in [5.74, 6) is 0.339. The van der Waals surface area contributed by atoms with Crippen molar-refractivity contribution < 1.29 is 14.7 Å². The number of amides is 2. The molecule has 1 N–H and O–H groups in total. The number of aliphatic hydroxyl groups is 1. The van der Waals surface area contributed by atoms with E-state index in [9.17, 15) is 14.7 Å². The van der Waals surface area contributed by atoms with Crippen LogP contribution in [0.15, 0.2) is 48.7 Å². The zero-order valence-corrected chi connectivity index (χ0v) is 21.8. The van der Waals surface area contributed by atoms with E-state index in [1.807, 2.05) is 52.3 Å². The Morgan fingerprint density at radius 1 is 1.08 bits per heavy atom. The predicted octanol–water partition coefficient (Wildman–Crippen LogP) is 4.16. The lowest BCUT2D eigenvalue weighted by Gasteiger charge is -2.35. The van der Waals surface area contributed by atoms with Crippen LogP contribution in [0.4, 0.5) is 5.69 Å². The highest BCUT2D eigenvalue weighted by molar-refractivity contribution is 6.30. The van der Waals surface area contributed by atoms with Gasteiger partial charge in [0.1, 0.15) is 0 Å². The zero-order chi connectivity index (χ0) is 25.5. The quantitative estimate of drug-likeness (QED) is 0.574. The first-order chi connectivity index (χ1) is 17.4. The van der Waals surface area contributed by atoms with Crippen LogP contribution in [0.2, 0.25) is 5.02 Å². The van der Waals surface area contributed by atoms with Gasteiger partial charge in [0.25, 0.3) is 0 Å². The summed E-state index contributed by atoms with van der Waals surface area (Å²) in [6.07, 6.45) is 5.33. The van der Waals surface area contributed by atoms with Crippen LogP contribution in [0.3, 0.4) is 0 Å². The molecule has 1 atom stereocenters. The topological polar surface area (TPSA) is 77.0 Å². The summed E-state index contributed by atoms with van der Waals surface area (Å²) in [5, 5.41) is 11.3. The van der Waals surface area contributed by atoms with Gasteiger partial charge in [-0.25, -0.2) is 0 Å². The van der Waals surface area contributed by atoms with Gasteiger partial charge in [-0.15, -0.1) is 0 Å². The molecule has 36 heavy (non-hydrogen) atoms. The van der Waals surface area contributed by atoms with E-state index in [1.165, 1.54) is 0 Å². The zero-order valence-electron chi connectivity index (χ0n) is 21.1. The van der Waals surface area contributed by atoms with Gasteiger partial charge in [0, 0.05) is 49.4 Å². The van der Waals surface area contributed by atoms with Gasteiger partial charge in [0.05, 0.1) is 11.8 Å². The van der Waals surface area contributed by atoms with Crippen molar-refractivity contribution in [1.29, 1.82) is 0 Å². The number of piperidine rings is 2. The van der Waals surface area contributed by atoms with Gasteiger partial charge >= 0.3 is 0 Å². The third kappa shape index (κ3) is 6.84. The molecule has 1 aromatic heterocycles. The van der Waals surface area contributed by atoms with Crippen LogP contribution < -0.4 is 4.90 Å². The highest BCUT2D eigenvalue weighted by Gasteiger charge is 2.31. The minimum absolute atomic E-state index is 0.0731. The number of pyridine rings is 1. The number of carbonyl (C=O) groups excluding carboxylic acids is 2. The number of hydrogen-bond acceptors (Lipinski definition) is 5. The van der Waals surface area contributed by atoms with Crippen molar-refractivity contribution in [3.05, 3.63) is 59.4 Å². The molecule has 0 bridgehead atoms. The molecule has 4 rings (SSSR count). The molecule has 0 radical (unpaired) electrons. The van der Waals surface area contributed by atoms with Gasteiger partial charge in [-0.05, 0) is 88.0 Å². The summed E-state index contributed by atoms with van der Waals surface area (Å²) in [6.45, 7) is 6.25.